The lowest BCUT2D eigenvalue weighted by Crippen LogP contribution is -2.44. The molecular formula is C13H18BN5S. The van der Waals surface area contributed by atoms with E-state index in [1.54, 1.807) is 11.8 Å². The first kappa shape index (κ1) is 13.7. The third kappa shape index (κ3) is 2.63. The number of nitrogens with zero attached hydrogens (tertiary/aromatic N) is 4. The van der Waals surface area contributed by atoms with Crippen LogP contribution in [0.5, 0.6) is 0 Å². The first-order valence-electron chi connectivity index (χ1n) is 7.11. The van der Waals surface area contributed by atoms with E-state index >= 15 is 0 Å². The van der Waals surface area contributed by atoms with E-state index in [9.17, 15) is 0 Å². The van der Waals surface area contributed by atoms with Gasteiger partial charge in [-0.05, 0) is 19.0 Å². The average Bonchev–Trinajstić information content (AvgIpc) is 2.53. The van der Waals surface area contributed by atoms with E-state index in [1.165, 1.54) is 5.56 Å². The van der Waals surface area contributed by atoms with E-state index in [1.807, 2.05) is 6.26 Å². The van der Waals surface area contributed by atoms with Gasteiger partial charge in [0, 0.05) is 43.4 Å². The first-order valence-corrected chi connectivity index (χ1v) is 8.33. The van der Waals surface area contributed by atoms with Gasteiger partial charge in [-0.1, -0.05) is 18.1 Å². The summed E-state index contributed by atoms with van der Waals surface area (Å²) < 4.78 is 0. The molecule has 0 unspecified atom stereocenters. The van der Waals surface area contributed by atoms with Crippen molar-refractivity contribution in [2.24, 2.45) is 0 Å². The number of hydrogen-bond acceptors (Lipinski definition) is 6. The van der Waals surface area contributed by atoms with Gasteiger partial charge >= 0.3 is 0 Å². The molecule has 0 spiro atoms. The maximum atomic E-state index is 9.14. The number of nitriles is 1. The van der Waals surface area contributed by atoms with Crippen LogP contribution in [-0.4, -0.2) is 49.1 Å². The molecule has 5 nitrogen and oxygen atoms in total. The molecule has 0 atom stereocenters. The van der Waals surface area contributed by atoms with Gasteiger partial charge in [0.25, 0.3) is 6.71 Å². The zero-order valence-electron chi connectivity index (χ0n) is 11.7. The Morgan fingerprint density at radius 1 is 1.35 bits per heavy atom. The van der Waals surface area contributed by atoms with E-state index in [4.69, 9.17) is 10.2 Å². The molecule has 1 aromatic rings. The minimum atomic E-state index is 0.114. The van der Waals surface area contributed by atoms with Crippen LogP contribution in [0, 0.1) is 11.2 Å². The highest BCUT2D eigenvalue weighted by molar-refractivity contribution is 7.98. The zero-order valence-corrected chi connectivity index (χ0v) is 12.5. The van der Waals surface area contributed by atoms with E-state index in [-0.39, 0.29) is 6.71 Å². The molecule has 0 aromatic carbocycles. The Kier molecular flexibility index (Phi) is 4.13. The van der Waals surface area contributed by atoms with Crippen molar-refractivity contribution in [3.8, 4) is 5.97 Å². The summed E-state index contributed by atoms with van der Waals surface area (Å²) >= 11 is 1.58. The number of anilines is 1. The van der Waals surface area contributed by atoms with Crippen molar-refractivity contribution in [3.05, 3.63) is 11.3 Å². The Morgan fingerprint density at radius 3 is 2.85 bits per heavy atom. The summed E-state index contributed by atoms with van der Waals surface area (Å²) in [5.41, 5.74) is 2.37. The number of fused-ring (bicyclic) bond motifs is 1. The quantitative estimate of drug-likeness (QED) is 0.493. The Labute approximate surface area is 124 Å². The fourth-order valence-electron chi connectivity index (χ4n) is 2.91. The lowest BCUT2D eigenvalue weighted by Gasteiger charge is -2.32. The number of rotatable bonds is 2. The second-order valence-electron chi connectivity index (χ2n) is 5.27. The van der Waals surface area contributed by atoms with E-state index < -0.39 is 0 Å². The number of hydrogen-bond donors (Lipinski definition) is 1. The summed E-state index contributed by atoms with van der Waals surface area (Å²) in [6.45, 7) is 4.13. The SMILES string of the molecule is CSc1nc2c(c(N3CCNCC3)n1)CCB(C#N)C2. The molecule has 1 saturated heterocycles. The van der Waals surface area contributed by atoms with Gasteiger partial charge in [0.1, 0.15) is 5.82 Å². The monoisotopic (exact) mass is 287 g/mol. The summed E-state index contributed by atoms with van der Waals surface area (Å²) in [4.78, 5) is 11.8. The molecule has 0 amide bonds. The lowest BCUT2D eigenvalue weighted by atomic mass is 9.43. The predicted molar refractivity (Wildman–Crippen MR) is 82.5 cm³/mol. The normalized spacial score (nSPS) is 18.6. The smallest absolute Gasteiger partial charge is 0.274 e. The Morgan fingerprint density at radius 2 is 2.15 bits per heavy atom. The average molecular weight is 287 g/mol. The lowest BCUT2D eigenvalue weighted by molar-refractivity contribution is 0.579. The largest absolute Gasteiger partial charge is 0.354 e. The van der Waals surface area contributed by atoms with Crippen LogP contribution in [0.4, 0.5) is 5.82 Å². The van der Waals surface area contributed by atoms with Crippen molar-refractivity contribution >= 4 is 24.3 Å². The summed E-state index contributed by atoms with van der Waals surface area (Å²) in [6, 6.07) is 0. The number of aromatic nitrogens is 2. The van der Waals surface area contributed by atoms with Gasteiger partial charge in [0.2, 0.25) is 0 Å². The highest BCUT2D eigenvalue weighted by Gasteiger charge is 2.28. The second kappa shape index (κ2) is 6.02. The molecule has 1 aromatic heterocycles. The van der Waals surface area contributed by atoms with Crippen molar-refractivity contribution in [2.75, 3.05) is 37.3 Å². The number of piperazine rings is 1. The van der Waals surface area contributed by atoms with Crippen LogP contribution < -0.4 is 10.2 Å². The van der Waals surface area contributed by atoms with E-state index in [0.29, 0.717) is 0 Å². The van der Waals surface area contributed by atoms with Crippen LogP contribution in [0.25, 0.3) is 0 Å². The van der Waals surface area contributed by atoms with Crippen molar-refractivity contribution < 1.29 is 0 Å². The van der Waals surface area contributed by atoms with E-state index in [0.717, 1.165) is 61.9 Å². The van der Waals surface area contributed by atoms with Crippen LogP contribution in [0.1, 0.15) is 11.3 Å². The van der Waals surface area contributed by atoms with Crippen molar-refractivity contribution in [1.29, 1.82) is 5.26 Å². The van der Waals surface area contributed by atoms with Crippen molar-refractivity contribution in [1.82, 2.24) is 15.3 Å². The third-order valence-electron chi connectivity index (χ3n) is 4.01. The molecule has 0 aliphatic carbocycles. The molecule has 20 heavy (non-hydrogen) atoms. The second-order valence-corrected chi connectivity index (χ2v) is 6.04. The number of nitrogens with one attached hydrogen (secondary N) is 1. The molecule has 2 aliphatic rings. The molecular weight excluding hydrogens is 269 g/mol. The minimum Gasteiger partial charge on any atom is -0.354 e. The summed E-state index contributed by atoms with van der Waals surface area (Å²) in [5.74, 6) is 3.50. The summed E-state index contributed by atoms with van der Waals surface area (Å²) in [5, 5.41) is 13.3. The highest BCUT2D eigenvalue weighted by atomic mass is 32.2. The Bertz CT molecular complexity index is 538. The fraction of sp³-hybridized carbons (Fsp3) is 0.615. The molecule has 0 radical (unpaired) electrons. The third-order valence-corrected chi connectivity index (χ3v) is 4.56. The molecule has 1 fully saturated rings. The van der Waals surface area contributed by atoms with Gasteiger partial charge in [-0.3, -0.25) is 0 Å². The van der Waals surface area contributed by atoms with Gasteiger partial charge in [0.15, 0.2) is 5.16 Å². The van der Waals surface area contributed by atoms with Gasteiger partial charge < -0.3 is 10.2 Å². The van der Waals surface area contributed by atoms with Crippen LogP contribution in [0.3, 0.4) is 0 Å². The standard InChI is InChI=1S/C13H18BN5S/c1-20-13-17-11-8-14(9-15)3-2-10(11)12(18-13)19-6-4-16-5-7-19/h16H,2-8H2,1H3. The first-order chi connectivity index (χ1) is 9.81. The van der Waals surface area contributed by atoms with Crippen LogP contribution in [0.2, 0.25) is 6.32 Å². The van der Waals surface area contributed by atoms with Gasteiger partial charge in [-0.15, -0.1) is 0 Å². The van der Waals surface area contributed by atoms with Crippen LogP contribution in [0.15, 0.2) is 5.16 Å². The van der Waals surface area contributed by atoms with Crippen LogP contribution in [-0.2, 0) is 12.7 Å². The molecule has 1 N–H and O–H groups in total. The molecule has 3 rings (SSSR count). The number of thioether (sulfide) groups is 1. The Hall–Kier alpha value is -1.26. The van der Waals surface area contributed by atoms with Gasteiger partial charge in [-0.2, -0.15) is 0 Å². The zero-order chi connectivity index (χ0) is 13.9. The molecule has 7 heteroatoms. The summed E-state index contributed by atoms with van der Waals surface area (Å²) in [6.07, 6.45) is 4.65. The van der Waals surface area contributed by atoms with Crippen molar-refractivity contribution in [2.45, 2.75) is 24.2 Å². The predicted octanol–water partition coefficient (Wildman–Crippen LogP) is 0.803. The highest BCUT2D eigenvalue weighted by Crippen LogP contribution is 2.30. The van der Waals surface area contributed by atoms with E-state index in [2.05, 4.69) is 21.2 Å². The van der Waals surface area contributed by atoms with Gasteiger partial charge in [0.05, 0.1) is 0 Å². The van der Waals surface area contributed by atoms with Crippen LogP contribution >= 0.6 is 11.8 Å². The summed E-state index contributed by atoms with van der Waals surface area (Å²) in [7, 11) is 0. The van der Waals surface area contributed by atoms with Crippen molar-refractivity contribution in [3.63, 3.8) is 0 Å². The molecule has 0 saturated carbocycles. The van der Waals surface area contributed by atoms with Gasteiger partial charge in [-0.25, -0.2) is 15.2 Å². The molecule has 2 aliphatic heterocycles. The molecule has 0 bridgehead atoms. The maximum Gasteiger partial charge on any atom is 0.274 e. The maximum absolute atomic E-state index is 9.14. The fourth-order valence-corrected chi connectivity index (χ4v) is 3.29. The Balaban J connectivity index is 1.98. The molecule has 104 valence electrons. The topological polar surface area (TPSA) is 64.8 Å². The molecule has 3 heterocycles. The minimum absolute atomic E-state index is 0.114.